The molecule has 1 atom stereocenters. The number of aryl methyl sites for hydroxylation is 1. The smallest absolute Gasteiger partial charge is 0.134 e. The van der Waals surface area contributed by atoms with E-state index >= 15 is 0 Å². The van der Waals surface area contributed by atoms with Crippen molar-refractivity contribution in [2.75, 3.05) is 0 Å². The molecule has 0 amide bonds. The number of rotatable bonds is 1. The zero-order valence-electron chi connectivity index (χ0n) is 10.6. The van der Waals surface area contributed by atoms with E-state index < -0.39 is 17.2 Å². The highest BCUT2D eigenvalue weighted by atomic mass is 19.1. The Morgan fingerprint density at radius 1 is 1.18 bits per heavy atom. The van der Waals surface area contributed by atoms with E-state index in [1.165, 1.54) is 12.1 Å². The fourth-order valence-electron chi connectivity index (χ4n) is 2.90. The minimum atomic E-state index is -0.896. The van der Waals surface area contributed by atoms with E-state index in [0.717, 1.165) is 12.8 Å². The molecule has 1 aromatic rings. The zero-order chi connectivity index (χ0) is 12.8. The van der Waals surface area contributed by atoms with Gasteiger partial charge in [-0.1, -0.05) is 26.3 Å². The molecule has 0 spiro atoms. The first kappa shape index (κ1) is 12.5. The van der Waals surface area contributed by atoms with Gasteiger partial charge in [-0.3, -0.25) is 0 Å². The lowest BCUT2D eigenvalue weighted by Crippen LogP contribution is -2.47. The first-order chi connectivity index (χ1) is 7.79. The van der Waals surface area contributed by atoms with Crippen LogP contribution < -0.4 is 5.73 Å². The van der Waals surface area contributed by atoms with Crippen molar-refractivity contribution < 1.29 is 8.78 Å². The Hall–Kier alpha value is -0.960. The summed E-state index contributed by atoms with van der Waals surface area (Å²) in [6.07, 6.45) is 2.45. The summed E-state index contributed by atoms with van der Waals surface area (Å²) in [6, 6.07) is 2.77. The number of hydrogen-bond acceptors (Lipinski definition) is 1. The Labute approximate surface area is 101 Å². The van der Waals surface area contributed by atoms with Crippen LogP contribution in [0.3, 0.4) is 0 Å². The topological polar surface area (TPSA) is 26.0 Å². The van der Waals surface area contributed by atoms with Gasteiger partial charge in [-0.2, -0.15) is 0 Å². The molecule has 0 aromatic heterocycles. The fourth-order valence-corrected chi connectivity index (χ4v) is 2.90. The molecule has 17 heavy (non-hydrogen) atoms. The van der Waals surface area contributed by atoms with Gasteiger partial charge in [0.05, 0.1) is 5.54 Å². The van der Waals surface area contributed by atoms with Crippen molar-refractivity contribution in [2.45, 2.75) is 45.6 Å². The van der Waals surface area contributed by atoms with E-state index in [1.807, 2.05) is 13.8 Å². The van der Waals surface area contributed by atoms with Gasteiger partial charge in [-0.05, 0) is 36.8 Å². The Morgan fingerprint density at radius 2 is 1.82 bits per heavy atom. The van der Waals surface area contributed by atoms with Crippen molar-refractivity contribution in [1.29, 1.82) is 0 Å². The van der Waals surface area contributed by atoms with E-state index in [9.17, 15) is 8.78 Å². The molecule has 1 aliphatic rings. The molecule has 0 bridgehead atoms. The molecule has 1 aromatic carbocycles. The maximum absolute atomic E-state index is 14.2. The third-order valence-corrected chi connectivity index (χ3v) is 4.31. The van der Waals surface area contributed by atoms with Crippen molar-refractivity contribution in [1.82, 2.24) is 0 Å². The second-order valence-corrected chi connectivity index (χ2v) is 5.76. The van der Waals surface area contributed by atoms with Gasteiger partial charge in [-0.15, -0.1) is 0 Å². The summed E-state index contributed by atoms with van der Waals surface area (Å²) in [5.74, 6) is -1.01. The third-order valence-electron chi connectivity index (χ3n) is 4.31. The summed E-state index contributed by atoms with van der Waals surface area (Å²) < 4.78 is 28.1. The standard InChI is InChI=1S/C14H19F2N/c1-9-5-6-10(15)11(12(9)16)14(17)8-4-7-13(14,2)3/h5-6H,4,7-8,17H2,1-3H3. The van der Waals surface area contributed by atoms with E-state index in [0.29, 0.717) is 12.0 Å². The molecular formula is C14H19F2N. The predicted octanol–water partition coefficient (Wildman–Crippen LogP) is 3.64. The van der Waals surface area contributed by atoms with Crippen LogP contribution in [0.5, 0.6) is 0 Å². The SMILES string of the molecule is Cc1ccc(F)c(C2(N)CCCC2(C)C)c1F. The average molecular weight is 239 g/mol. The quantitative estimate of drug-likeness (QED) is 0.795. The van der Waals surface area contributed by atoms with Gasteiger partial charge in [0.1, 0.15) is 11.6 Å². The van der Waals surface area contributed by atoms with E-state index in [-0.39, 0.29) is 11.0 Å². The molecule has 0 heterocycles. The number of benzene rings is 1. The summed E-state index contributed by atoms with van der Waals surface area (Å²) in [4.78, 5) is 0. The fraction of sp³-hybridized carbons (Fsp3) is 0.571. The normalized spacial score (nSPS) is 27.4. The van der Waals surface area contributed by atoms with Crippen LogP contribution >= 0.6 is 0 Å². The van der Waals surface area contributed by atoms with Crippen LogP contribution in [0.1, 0.15) is 44.2 Å². The Morgan fingerprint density at radius 3 is 2.35 bits per heavy atom. The van der Waals surface area contributed by atoms with Gasteiger partial charge in [0.15, 0.2) is 0 Å². The highest BCUT2D eigenvalue weighted by molar-refractivity contribution is 5.35. The highest BCUT2D eigenvalue weighted by Crippen LogP contribution is 2.51. The Bertz CT molecular complexity index is 454. The molecule has 1 aliphatic carbocycles. The minimum Gasteiger partial charge on any atom is -0.321 e. The number of hydrogen-bond donors (Lipinski definition) is 1. The van der Waals surface area contributed by atoms with Gasteiger partial charge in [-0.25, -0.2) is 8.78 Å². The monoisotopic (exact) mass is 239 g/mol. The van der Waals surface area contributed by atoms with Crippen LogP contribution in [0.2, 0.25) is 0 Å². The molecule has 1 saturated carbocycles. The van der Waals surface area contributed by atoms with Crippen LogP contribution in [0, 0.1) is 24.0 Å². The van der Waals surface area contributed by atoms with Gasteiger partial charge >= 0.3 is 0 Å². The van der Waals surface area contributed by atoms with E-state index in [4.69, 9.17) is 5.73 Å². The summed E-state index contributed by atoms with van der Waals surface area (Å²) in [5.41, 5.74) is 5.70. The third kappa shape index (κ3) is 1.68. The van der Waals surface area contributed by atoms with Crippen LogP contribution in [0.4, 0.5) is 8.78 Å². The van der Waals surface area contributed by atoms with Gasteiger partial charge < -0.3 is 5.73 Å². The highest BCUT2D eigenvalue weighted by Gasteiger charge is 2.49. The first-order valence-electron chi connectivity index (χ1n) is 6.03. The van der Waals surface area contributed by atoms with Crippen LogP contribution in [0.15, 0.2) is 12.1 Å². The van der Waals surface area contributed by atoms with Crippen LogP contribution in [0.25, 0.3) is 0 Å². The molecular weight excluding hydrogens is 220 g/mol. The summed E-state index contributed by atoms with van der Waals surface area (Å²) in [6.45, 7) is 5.62. The lowest BCUT2D eigenvalue weighted by Gasteiger charge is -2.39. The van der Waals surface area contributed by atoms with Crippen molar-refractivity contribution >= 4 is 0 Å². The predicted molar refractivity (Wildman–Crippen MR) is 64.6 cm³/mol. The summed E-state index contributed by atoms with van der Waals surface area (Å²) in [5, 5.41) is 0. The number of halogens is 2. The van der Waals surface area contributed by atoms with Crippen molar-refractivity contribution in [3.63, 3.8) is 0 Å². The molecule has 2 N–H and O–H groups in total. The summed E-state index contributed by atoms with van der Waals surface area (Å²) in [7, 11) is 0. The Kier molecular flexibility index (Phi) is 2.77. The van der Waals surface area contributed by atoms with Gasteiger partial charge in [0.25, 0.3) is 0 Å². The lowest BCUT2D eigenvalue weighted by atomic mass is 9.71. The van der Waals surface area contributed by atoms with Crippen LogP contribution in [-0.4, -0.2) is 0 Å². The van der Waals surface area contributed by atoms with Crippen molar-refractivity contribution in [3.05, 3.63) is 34.9 Å². The van der Waals surface area contributed by atoms with Crippen molar-refractivity contribution in [2.24, 2.45) is 11.1 Å². The average Bonchev–Trinajstić information content (AvgIpc) is 2.49. The maximum atomic E-state index is 14.2. The molecule has 1 nitrogen and oxygen atoms in total. The molecule has 2 rings (SSSR count). The van der Waals surface area contributed by atoms with Crippen molar-refractivity contribution in [3.8, 4) is 0 Å². The summed E-state index contributed by atoms with van der Waals surface area (Å²) >= 11 is 0. The number of nitrogens with two attached hydrogens (primary N) is 1. The van der Waals surface area contributed by atoms with Gasteiger partial charge in [0.2, 0.25) is 0 Å². The molecule has 1 fully saturated rings. The molecule has 0 saturated heterocycles. The lowest BCUT2D eigenvalue weighted by molar-refractivity contribution is 0.197. The second kappa shape index (κ2) is 3.77. The van der Waals surface area contributed by atoms with Gasteiger partial charge in [0, 0.05) is 5.56 Å². The molecule has 94 valence electrons. The second-order valence-electron chi connectivity index (χ2n) is 5.76. The maximum Gasteiger partial charge on any atom is 0.134 e. The largest absolute Gasteiger partial charge is 0.321 e. The molecule has 3 heteroatoms. The van der Waals surface area contributed by atoms with Crippen LogP contribution in [-0.2, 0) is 5.54 Å². The van der Waals surface area contributed by atoms with E-state index in [1.54, 1.807) is 6.92 Å². The Balaban J connectivity index is 2.65. The first-order valence-corrected chi connectivity index (χ1v) is 6.03. The molecule has 0 radical (unpaired) electrons. The molecule has 1 unspecified atom stereocenters. The minimum absolute atomic E-state index is 0.0694. The van der Waals surface area contributed by atoms with E-state index in [2.05, 4.69) is 0 Å². The molecule has 0 aliphatic heterocycles. The zero-order valence-corrected chi connectivity index (χ0v) is 10.6.